The fourth-order valence-electron chi connectivity index (χ4n) is 3.06. The van der Waals surface area contributed by atoms with E-state index in [9.17, 15) is 17.6 Å². The number of benzene rings is 1. The predicted molar refractivity (Wildman–Crippen MR) is 108 cm³/mol. The van der Waals surface area contributed by atoms with Crippen molar-refractivity contribution in [1.82, 2.24) is 14.6 Å². The molecular formula is C20H17FN4O5S. The SMILES string of the molecule is COC(=O)c1ccc(CN(c2ccc(F)cc2)S(=O)(=O)c2cccn3c(C)nnc23)o1. The molecule has 4 aromatic rings. The first-order valence-electron chi connectivity index (χ1n) is 9.07. The minimum Gasteiger partial charge on any atom is -0.463 e. The van der Waals surface area contributed by atoms with Crippen molar-refractivity contribution in [2.45, 2.75) is 18.4 Å². The van der Waals surface area contributed by atoms with E-state index in [1.54, 1.807) is 23.6 Å². The summed E-state index contributed by atoms with van der Waals surface area (Å²) in [7, 11) is -2.97. The van der Waals surface area contributed by atoms with Crippen LogP contribution in [0.5, 0.6) is 0 Å². The number of aryl methyl sites for hydroxylation is 1. The molecule has 3 aromatic heterocycles. The van der Waals surface area contributed by atoms with Crippen molar-refractivity contribution in [1.29, 1.82) is 0 Å². The number of nitrogens with zero attached hydrogens (tertiary/aromatic N) is 4. The molecule has 4 rings (SSSR count). The highest BCUT2D eigenvalue weighted by Crippen LogP contribution is 2.28. The fraction of sp³-hybridized carbons (Fsp3) is 0.150. The van der Waals surface area contributed by atoms with Crippen LogP contribution in [-0.4, -0.2) is 36.1 Å². The van der Waals surface area contributed by atoms with Crippen molar-refractivity contribution in [2.75, 3.05) is 11.4 Å². The second kappa shape index (κ2) is 7.84. The lowest BCUT2D eigenvalue weighted by Crippen LogP contribution is -2.31. The highest BCUT2D eigenvalue weighted by molar-refractivity contribution is 7.93. The van der Waals surface area contributed by atoms with E-state index >= 15 is 0 Å². The van der Waals surface area contributed by atoms with Crippen molar-refractivity contribution in [2.24, 2.45) is 0 Å². The molecule has 0 aliphatic rings. The molecule has 0 radical (unpaired) electrons. The number of pyridine rings is 1. The zero-order chi connectivity index (χ0) is 22.2. The van der Waals surface area contributed by atoms with Gasteiger partial charge in [-0.1, -0.05) is 0 Å². The third-order valence-electron chi connectivity index (χ3n) is 4.60. The van der Waals surface area contributed by atoms with Crippen LogP contribution in [-0.2, 0) is 21.3 Å². The second-order valence-electron chi connectivity index (χ2n) is 6.56. The van der Waals surface area contributed by atoms with Crippen LogP contribution in [0.4, 0.5) is 10.1 Å². The summed E-state index contributed by atoms with van der Waals surface area (Å²) >= 11 is 0. The van der Waals surface area contributed by atoms with Gasteiger partial charge >= 0.3 is 5.97 Å². The molecule has 0 amide bonds. The van der Waals surface area contributed by atoms with Gasteiger partial charge in [-0.2, -0.15) is 0 Å². The largest absolute Gasteiger partial charge is 0.463 e. The average molecular weight is 444 g/mol. The van der Waals surface area contributed by atoms with Crippen LogP contribution in [0.3, 0.4) is 0 Å². The Labute approximate surface area is 176 Å². The first-order valence-corrected chi connectivity index (χ1v) is 10.5. The summed E-state index contributed by atoms with van der Waals surface area (Å²) in [5.41, 5.74) is 0.359. The highest BCUT2D eigenvalue weighted by Gasteiger charge is 2.30. The van der Waals surface area contributed by atoms with Crippen LogP contribution in [0, 0.1) is 12.7 Å². The predicted octanol–water partition coefficient (Wildman–Crippen LogP) is 2.95. The number of esters is 1. The van der Waals surface area contributed by atoms with Gasteiger partial charge in [0.25, 0.3) is 10.0 Å². The van der Waals surface area contributed by atoms with Crippen molar-refractivity contribution in [3.05, 3.63) is 77.9 Å². The van der Waals surface area contributed by atoms with Gasteiger partial charge in [-0.05, 0) is 55.5 Å². The Hall–Kier alpha value is -3.73. The molecular weight excluding hydrogens is 427 g/mol. The number of rotatable bonds is 6. The minimum absolute atomic E-state index is 0.0656. The number of hydrogen-bond donors (Lipinski definition) is 0. The number of methoxy groups -OCH3 is 1. The second-order valence-corrected chi connectivity index (χ2v) is 8.39. The summed E-state index contributed by atoms with van der Waals surface area (Å²) in [6, 6.07) is 10.8. The Kier molecular flexibility index (Phi) is 5.19. The number of hydrogen-bond acceptors (Lipinski definition) is 7. The number of fused-ring (bicyclic) bond motifs is 1. The molecule has 31 heavy (non-hydrogen) atoms. The number of ether oxygens (including phenoxy) is 1. The van der Waals surface area contributed by atoms with Crippen LogP contribution in [0.25, 0.3) is 5.65 Å². The molecule has 1 aromatic carbocycles. The fourth-order valence-corrected chi connectivity index (χ4v) is 4.62. The van der Waals surface area contributed by atoms with Crippen LogP contribution < -0.4 is 4.31 Å². The number of furan rings is 1. The first-order chi connectivity index (χ1) is 14.8. The molecule has 0 aliphatic heterocycles. The van der Waals surface area contributed by atoms with E-state index in [0.29, 0.717) is 5.82 Å². The van der Waals surface area contributed by atoms with Crippen molar-refractivity contribution >= 4 is 27.3 Å². The van der Waals surface area contributed by atoms with E-state index in [4.69, 9.17) is 4.42 Å². The summed E-state index contributed by atoms with van der Waals surface area (Å²) in [5.74, 6) is -0.551. The van der Waals surface area contributed by atoms with Crippen molar-refractivity contribution in [3.63, 3.8) is 0 Å². The molecule has 0 N–H and O–H groups in total. The molecule has 0 bridgehead atoms. The lowest BCUT2D eigenvalue weighted by Gasteiger charge is -2.23. The van der Waals surface area contributed by atoms with Crippen molar-refractivity contribution in [3.8, 4) is 0 Å². The average Bonchev–Trinajstić information content (AvgIpc) is 3.39. The molecule has 11 heteroatoms. The lowest BCUT2D eigenvalue weighted by atomic mass is 10.3. The smallest absolute Gasteiger partial charge is 0.373 e. The number of carbonyl (C=O) groups is 1. The normalized spacial score (nSPS) is 11.6. The maximum absolute atomic E-state index is 13.7. The van der Waals surface area contributed by atoms with Gasteiger partial charge in [0, 0.05) is 6.20 Å². The molecule has 0 atom stereocenters. The van der Waals surface area contributed by atoms with E-state index in [-0.39, 0.29) is 34.3 Å². The summed E-state index contributed by atoms with van der Waals surface area (Å²) in [6.45, 7) is 1.45. The van der Waals surface area contributed by atoms with Crippen LogP contribution in [0.1, 0.15) is 22.1 Å². The molecule has 0 fully saturated rings. The highest BCUT2D eigenvalue weighted by atomic mass is 32.2. The molecule has 0 saturated heterocycles. The summed E-state index contributed by atoms with van der Waals surface area (Å²) in [6.07, 6.45) is 1.65. The third-order valence-corrected chi connectivity index (χ3v) is 6.39. The lowest BCUT2D eigenvalue weighted by molar-refractivity contribution is 0.0563. The van der Waals surface area contributed by atoms with Crippen LogP contribution in [0.15, 0.2) is 64.0 Å². The standard InChI is InChI=1S/C20H17FN4O5S/c1-13-22-23-19-18(4-3-11-24(13)19)31(27,28)25(15-7-5-14(21)6-8-15)12-16-9-10-17(30-16)20(26)29-2/h3-11H,12H2,1-2H3. The van der Waals surface area contributed by atoms with Gasteiger partial charge in [-0.3, -0.25) is 8.71 Å². The quantitative estimate of drug-likeness (QED) is 0.421. The van der Waals surface area contributed by atoms with E-state index in [1.165, 1.54) is 37.4 Å². The maximum atomic E-state index is 13.7. The van der Waals surface area contributed by atoms with Gasteiger partial charge in [-0.15, -0.1) is 10.2 Å². The molecule has 9 nitrogen and oxygen atoms in total. The number of carbonyl (C=O) groups excluding carboxylic acids is 1. The number of halogens is 1. The Balaban J connectivity index is 1.82. The van der Waals surface area contributed by atoms with E-state index < -0.39 is 21.8 Å². The van der Waals surface area contributed by atoms with Crippen LogP contribution in [0.2, 0.25) is 0 Å². The zero-order valence-electron chi connectivity index (χ0n) is 16.5. The van der Waals surface area contributed by atoms with Gasteiger partial charge in [0.2, 0.25) is 5.76 Å². The van der Waals surface area contributed by atoms with Crippen LogP contribution >= 0.6 is 0 Å². The van der Waals surface area contributed by atoms with Crippen molar-refractivity contribution < 1.29 is 26.8 Å². The van der Waals surface area contributed by atoms with Gasteiger partial charge in [0.05, 0.1) is 19.3 Å². The Morgan fingerprint density at radius 1 is 1.16 bits per heavy atom. The maximum Gasteiger partial charge on any atom is 0.373 e. The Morgan fingerprint density at radius 3 is 2.61 bits per heavy atom. The topological polar surface area (TPSA) is 107 Å². The number of aromatic nitrogens is 3. The Bertz CT molecular complexity index is 1360. The molecule has 0 aliphatic carbocycles. The van der Waals surface area contributed by atoms with Gasteiger partial charge in [0.1, 0.15) is 22.3 Å². The van der Waals surface area contributed by atoms with Gasteiger partial charge < -0.3 is 9.15 Å². The summed E-state index contributed by atoms with van der Waals surface area (Å²) in [4.78, 5) is 11.6. The molecule has 0 spiro atoms. The molecule has 0 unspecified atom stereocenters. The monoisotopic (exact) mass is 444 g/mol. The summed E-state index contributed by atoms with van der Waals surface area (Å²) < 4.78 is 53.5. The molecule has 3 heterocycles. The van der Waals surface area contributed by atoms with E-state index in [1.807, 2.05) is 0 Å². The molecule has 160 valence electrons. The van der Waals surface area contributed by atoms with E-state index in [0.717, 1.165) is 16.4 Å². The van der Waals surface area contributed by atoms with E-state index in [2.05, 4.69) is 14.9 Å². The Morgan fingerprint density at radius 2 is 1.90 bits per heavy atom. The van der Waals surface area contributed by atoms with Gasteiger partial charge in [0.15, 0.2) is 5.65 Å². The minimum atomic E-state index is -4.18. The number of anilines is 1. The zero-order valence-corrected chi connectivity index (χ0v) is 17.3. The third kappa shape index (κ3) is 3.75. The number of sulfonamides is 1. The van der Waals surface area contributed by atoms with Gasteiger partial charge in [-0.25, -0.2) is 17.6 Å². The molecule has 0 saturated carbocycles. The first kappa shape index (κ1) is 20.5. The summed E-state index contributed by atoms with van der Waals surface area (Å²) in [5, 5.41) is 7.92.